The van der Waals surface area contributed by atoms with Gasteiger partial charge < -0.3 is 5.73 Å². The number of hydrogen-bond donors (Lipinski definition) is 1. The van der Waals surface area contributed by atoms with Gasteiger partial charge in [0, 0.05) is 23.5 Å². The van der Waals surface area contributed by atoms with Crippen molar-refractivity contribution in [3.63, 3.8) is 0 Å². The molecule has 2 aromatic rings. The van der Waals surface area contributed by atoms with Crippen LogP contribution in [0.3, 0.4) is 0 Å². The van der Waals surface area contributed by atoms with Crippen molar-refractivity contribution >= 4 is 22.4 Å². The minimum Gasteiger partial charge on any atom is -0.325 e. The van der Waals surface area contributed by atoms with Crippen LogP contribution in [0.25, 0.3) is 10.8 Å². The Morgan fingerprint density at radius 1 is 1.29 bits per heavy atom. The minimum absolute atomic E-state index is 0.117. The molecule has 4 heteroatoms. The predicted octanol–water partition coefficient (Wildman–Crippen LogP) is 2.49. The Morgan fingerprint density at radius 2 is 2.07 bits per heavy atom. The van der Waals surface area contributed by atoms with E-state index in [1.165, 1.54) is 12.3 Å². The summed E-state index contributed by atoms with van der Waals surface area (Å²) in [6.45, 7) is 0.290. The van der Waals surface area contributed by atoms with Crippen molar-refractivity contribution in [1.82, 2.24) is 4.98 Å². The van der Waals surface area contributed by atoms with Gasteiger partial charge in [0.15, 0.2) is 0 Å². The van der Waals surface area contributed by atoms with Gasteiger partial charge in [-0.25, -0.2) is 4.39 Å². The number of nitrogens with zero attached hydrogens (tertiary/aromatic N) is 1. The van der Waals surface area contributed by atoms with E-state index in [4.69, 9.17) is 17.3 Å². The van der Waals surface area contributed by atoms with Gasteiger partial charge in [-0.2, -0.15) is 0 Å². The van der Waals surface area contributed by atoms with E-state index in [1.54, 1.807) is 12.1 Å². The third kappa shape index (κ3) is 1.35. The molecule has 2 N–H and O–H groups in total. The van der Waals surface area contributed by atoms with Crippen molar-refractivity contribution in [2.24, 2.45) is 5.73 Å². The monoisotopic (exact) mass is 210 g/mol. The van der Waals surface area contributed by atoms with E-state index in [-0.39, 0.29) is 5.02 Å². The Hall–Kier alpha value is -1.19. The molecule has 0 radical (unpaired) electrons. The molecule has 1 heterocycles. The molecule has 2 rings (SSSR count). The van der Waals surface area contributed by atoms with Gasteiger partial charge in [0.1, 0.15) is 5.82 Å². The molecule has 1 aromatic heterocycles. The summed E-state index contributed by atoms with van der Waals surface area (Å²) in [5.41, 5.74) is 6.16. The van der Waals surface area contributed by atoms with Crippen LogP contribution in [-0.4, -0.2) is 4.98 Å². The van der Waals surface area contributed by atoms with Gasteiger partial charge in [0.25, 0.3) is 0 Å². The van der Waals surface area contributed by atoms with Crippen LogP contribution in [-0.2, 0) is 6.54 Å². The first-order chi connectivity index (χ1) is 6.74. The molecular formula is C10H8ClFN2. The first-order valence-corrected chi connectivity index (χ1v) is 4.53. The van der Waals surface area contributed by atoms with E-state index in [9.17, 15) is 4.39 Å². The highest BCUT2D eigenvalue weighted by Crippen LogP contribution is 2.25. The Morgan fingerprint density at radius 3 is 2.79 bits per heavy atom. The van der Waals surface area contributed by atoms with Crippen LogP contribution >= 0.6 is 11.6 Å². The van der Waals surface area contributed by atoms with Gasteiger partial charge in [-0.05, 0) is 12.1 Å². The summed E-state index contributed by atoms with van der Waals surface area (Å²) in [5, 5.41) is 1.30. The highest BCUT2D eigenvalue weighted by atomic mass is 35.5. The molecule has 0 aliphatic rings. The maximum atomic E-state index is 13.5. The Kier molecular flexibility index (Phi) is 2.35. The third-order valence-corrected chi connectivity index (χ3v) is 2.40. The Balaban J connectivity index is 2.86. The van der Waals surface area contributed by atoms with Crippen LogP contribution in [0.15, 0.2) is 24.4 Å². The van der Waals surface area contributed by atoms with Gasteiger partial charge in [0.2, 0.25) is 0 Å². The molecule has 14 heavy (non-hydrogen) atoms. The molecule has 2 nitrogen and oxygen atoms in total. The first kappa shape index (κ1) is 9.37. The zero-order valence-corrected chi connectivity index (χ0v) is 8.05. The number of nitrogens with two attached hydrogens (primary N) is 1. The van der Waals surface area contributed by atoms with E-state index >= 15 is 0 Å². The zero-order chi connectivity index (χ0) is 10.1. The number of halogens is 2. The Labute approximate surface area is 85.5 Å². The molecule has 0 aliphatic carbocycles. The molecule has 0 unspecified atom stereocenters. The summed E-state index contributed by atoms with van der Waals surface area (Å²) < 4.78 is 13.5. The summed E-state index contributed by atoms with van der Waals surface area (Å²) in [4.78, 5) is 4.06. The molecule has 0 fully saturated rings. The van der Waals surface area contributed by atoms with Gasteiger partial charge >= 0.3 is 0 Å². The topological polar surface area (TPSA) is 38.9 Å². The number of benzene rings is 1. The lowest BCUT2D eigenvalue weighted by Gasteiger charge is -2.04. The van der Waals surface area contributed by atoms with Gasteiger partial charge in [-0.3, -0.25) is 4.98 Å². The highest BCUT2D eigenvalue weighted by Gasteiger charge is 2.07. The molecule has 0 spiro atoms. The number of rotatable bonds is 1. The van der Waals surface area contributed by atoms with Gasteiger partial charge in [0.05, 0.1) is 10.7 Å². The van der Waals surface area contributed by atoms with Crippen molar-refractivity contribution in [1.29, 1.82) is 0 Å². The number of aromatic nitrogens is 1. The summed E-state index contributed by atoms with van der Waals surface area (Å²) >= 11 is 5.66. The second-order valence-corrected chi connectivity index (χ2v) is 3.33. The number of fused-ring (bicyclic) bond motifs is 1. The third-order valence-electron chi connectivity index (χ3n) is 2.11. The first-order valence-electron chi connectivity index (χ1n) is 4.15. The number of pyridine rings is 1. The molecular weight excluding hydrogens is 203 g/mol. The fourth-order valence-electron chi connectivity index (χ4n) is 1.41. The fraction of sp³-hybridized carbons (Fsp3) is 0.100. The minimum atomic E-state index is -0.415. The highest BCUT2D eigenvalue weighted by molar-refractivity contribution is 6.31. The van der Waals surface area contributed by atoms with Crippen LogP contribution in [0.4, 0.5) is 4.39 Å². The summed E-state index contributed by atoms with van der Waals surface area (Å²) in [5.74, 6) is -0.415. The molecule has 0 atom stereocenters. The standard InChI is InChI=1S/C10H8ClFN2/c11-8-2-1-6-7(10(8)12)3-4-14-9(6)5-13/h1-4H,5,13H2. The zero-order valence-electron chi connectivity index (χ0n) is 7.30. The lowest BCUT2D eigenvalue weighted by molar-refractivity contribution is 0.640. The smallest absolute Gasteiger partial charge is 0.149 e. The van der Waals surface area contributed by atoms with Crippen LogP contribution in [0, 0.1) is 5.82 Å². The van der Waals surface area contributed by atoms with E-state index in [2.05, 4.69) is 4.98 Å². The van der Waals surface area contributed by atoms with Crippen molar-refractivity contribution in [3.8, 4) is 0 Å². The van der Waals surface area contributed by atoms with Crippen LogP contribution in [0.2, 0.25) is 5.02 Å². The van der Waals surface area contributed by atoms with E-state index in [0.717, 1.165) is 5.39 Å². The summed E-state index contributed by atoms with van der Waals surface area (Å²) in [6, 6.07) is 4.84. The molecule has 0 saturated carbocycles. The van der Waals surface area contributed by atoms with E-state index in [0.29, 0.717) is 17.6 Å². The lowest BCUT2D eigenvalue weighted by Crippen LogP contribution is -2.00. The van der Waals surface area contributed by atoms with E-state index in [1.807, 2.05) is 0 Å². The van der Waals surface area contributed by atoms with Crippen LogP contribution in [0.1, 0.15) is 5.69 Å². The summed E-state index contributed by atoms with van der Waals surface area (Å²) in [6.07, 6.45) is 1.53. The number of hydrogen-bond acceptors (Lipinski definition) is 2. The molecule has 0 bridgehead atoms. The Bertz CT molecular complexity index is 485. The average molecular weight is 211 g/mol. The summed E-state index contributed by atoms with van der Waals surface area (Å²) in [7, 11) is 0. The van der Waals surface area contributed by atoms with Gasteiger partial charge in [-0.1, -0.05) is 17.7 Å². The van der Waals surface area contributed by atoms with Crippen molar-refractivity contribution in [2.75, 3.05) is 0 Å². The lowest BCUT2D eigenvalue weighted by atomic mass is 10.1. The predicted molar refractivity (Wildman–Crippen MR) is 54.6 cm³/mol. The van der Waals surface area contributed by atoms with Crippen molar-refractivity contribution in [2.45, 2.75) is 6.54 Å². The van der Waals surface area contributed by atoms with Crippen LogP contribution < -0.4 is 5.73 Å². The normalized spacial score (nSPS) is 10.8. The van der Waals surface area contributed by atoms with Crippen LogP contribution in [0.5, 0.6) is 0 Å². The SMILES string of the molecule is NCc1nccc2c(F)c(Cl)ccc12. The van der Waals surface area contributed by atoms with Gasteiger partial charge in [-0.15, -0.1) is 0 Å². The van der Waals surface area contributed by atoms with E-state index < -0.39 is 5.82 Å². The maximum Gasteiger partial charge on any atom is 0.149 e. The maximum absolute atomic E-state index is 13.5. The molecule has 0 amide bonds. The van der Waals surface area contributed by atoms with Crippen molar-refractivity contribution in [3.05, 3.63) is 40.9 Å². The molecule has 1 aromatic carbocycles. The average Bonchev–Trinajstić information content (AvgIpc) is 2.23. The largest absolute Gasteiger partial charge is 0.325 e. The molecule has 0 saturated heterocycles. The fourth-order valence-corrected chi connectivity index (χ4v) is 1.58. The second-order valence-electron chi connectivity index (χ2n) is 2.92. The molecule has 0 aliphatic heterocycles. The molecule has 72 valence electrons. The second kappa shape index (κ2) is 3.52. The quantitative estimate of drug-likeness (QED) is 0.786. The van der Waals surface area contributed by atoms with Crippen molar-refractivity contribution < 1.29 is 4.39 Å².